The first kappa shape index (κ1) is 13.9. The molecule has 1 N–H and O–H groups in total. The maximum Gasteiger partial charge on any atom is 0.276 e. The molecule has 2 aromatic heterocycles. The fraction of sp³-hybridized carbons (Fsp3) is 0. The number of carbonyl (C=O) groups excluding carboxylic acids is 1. The first-order chi connectivity index (χ1) is 10.2. The van der Waals surface area contributed by atoms with Crippen LogP contribution in [-0.4, -0.2) is 15.9 Å². The predicted molar refractivity (Wildman–Crippen MR) is 87.4 cm³/mol. The van der Waals surface area contributed by atoms with Crippen molar-refractivity contribution in [2.75, 3.05) is 5.32 Å². The van der Waals surface area contributed by atoms with Gasteiger partial charge in [-0.15, -0.1) is 11.3 Å². The lowest BCUT2D eigenvalue weighted by Crippen LogP contribution is -2.13. The zero-order valence-electron chi connectivity index (χ0n) is 10.8. The molecule has 0 unspecified atom stereocenters. The minimum absolute atomic E-state index is 0.257. The molecule has 0 aliphatic heterocycles. The van der Waals surface area contributed by atoms with E-state index >= 15 is 0 Å². The second-order valence-electron chi connectivity index (χ2n) is 4.21. The molecule has 0 radical (unpaired) electrons. The summed E-state index contributed by atoms with van der Waals surface area (Å²) in [7, 11) is 0. The molecule has 1 amide bonds. The third kappa shape index (κ3) is 3.34. The fourth-order valence-electron chi connectivity index (χ4n) is 1.74. The van der Waals surface area contributed by atoms with Gasteiger partial charge in [0.2, 0.25) is 0 Å². The Morgan fingerprint density at radius 3 is 2.67 bits per heavy atom. The second-order valence-corrected chi connectivity index (χ2v) is 5.99. The zero-order chi connectivity index (χ0) is 14.7. The van der Waals surface area contributed by atoms with E-state index in [2.05, 4.69) is 31.2 Å². The first-order valence-electron chi connectivity index (χ1n) is 6.16. The van der Waals surface area contributed by atoms with Crippen LogP contribution in [0, 0.1) is 0 Å². The van der Waals surface area contributed by atoms with Gasteiger partial charge in [-0.3, -0.25) is 15.1 Å². The monoisotopic (exact) mass is 359 g/mol. The zero-order valence-corrected chi connectivity index (χ0v) is 13.2. The Bertz CT molecular complexity index is 756. The third-order valence-corrected chi connectivity index (χ3v) is 4.05. The number of carbonyl (C=O) groups is 1. The minimum Gasteiger partial charge on any atom is -0.296 e. The van der Waals surface area contributed by atoms with Crippen LogP contribution in [0.4, 0.5) is 5.13 Å². The number of thiazole rings is 1. The van der Waals surface area contributed by atoms with E-state index in [0.717, 1.165) is 15.7 Å². The van der Waals surface area contributed by atoms with Gasteiger partial charge in [-0.2, -0.15) is 0 Å². The average Bonchev–Trinajstić information content (AvgIpc) is 2.97. The number of hydrogen-bond donors (Lipinski definition) is 1. The van der Waals surface area contributed by atoms with E-state index in [1.807, 2.05) is 29.6 Å². The molecule has 6 heteroatoms. The molecule has 4 nitrogen and oxygen atoms in total. The van der Waals surface area contributed by atoms with E-state index < -0.39 is 0 Å². The smallest absolute Gasteiger partial charge is 0.276 e. The molecule has 0 spiro atoms. The summed E-state index contributed by atoms with van der Waals surface area (Å²) in [5.74, 6) is -0.257. The van der Waals surface area contributed by atoms with Crippen molar-refractivity contribution in [3.63, 3.8) is 0 Å². The van der Waals surface area contributed by atoms with E-state index in [1.165, 1.54) is 11.3 Å². The van der Waals surface area contributed by atoms with Crippen molar-refractivity contribution < 1.29 is 4.79 Å². The lowest BCUT2D eigenvalue weighted by Gasteiger charge is -2.00. The highest BCUT2D eigenvalue weighted by Crippen LogP contribution is 2.26. The summed E-state index contributed by atoms with van der Waals surface area (Å²) in [6.45, 7) is 0. The average molecular weight is 360 g/mol. The van der Waals surface area contributed by atoms with Crippen molar-refractivity contribution >= 4 is 38.3 Å². The molecule has 0 atom stereocenters. The van der Waals surface area contributed by atoms with Crippen LogP contribution in [0.2, 0.25) is 0 Å². The van der Waals surface area contributed by atoms with Crippen molar-refractivity contribution in [1.29, 1.82) is 0 Å². The van der Waals surface area contributed by atoms with Crippen LogP contribution in [0.25, 0.3) is 11.3 Å². The van der Waals surface area contributed by atoms with Crippen LogP contribution in [0.5, 0.6) is 0 Å². The maximum absolute atomic E-state index is 12.0. The predicted octanol–water partition coefficient (Wildman–Crippen LogP) is 4.22. The van der Waals surface area contributed by atoms with Gasteiger partial charge < -0.3 is 0 Å². The van der Waals surface area contributed by atoms with E-state index in [4.69, 9.17) is 0 Å². The topological polar surface area (TPSA) is 54.9 Å². The Labute approximate surface area is 134 Å². The van der Waals surface area contributed by atoms with Crippen LogP contribution < -0.4 is 5.32 Å². The number of hydrogen-bond acceptors (Lipinski definition) is 4. The van der Waals surface area contributed by atoms with Gasteiger partial charge >= 0.3 is 0 Å². The molecule has 0 saturated carbocycles. The summed E-state index contributed by atoms with van der Waals surface area (Å²) in [4.78, 5) is 20.4. The van der Waals surface area contributed by atoms with Crippen molar-refractivity contribution in [3.05, 3.63) is 64.2 Å². The number of benzene rings is 1. The molecule has 1 aromatic carbocycles. The molecule has 0 fully saturated rings. The lowest BCUT2D eigenvalue weighted by molar-refractivity contribution is 0.102. The number of halogens is 1. The number of anilines is 1. The van der Waals surface area contributed by atoms with Gasteiger partial charge in [0.05, 0.1) is 5.69 Å². The SMILES string of the molecule is O=C(Nc1nc(-c2ccc(Br)cc2)cs1)c1ccccn1. The van der Waals surface area contributed by atoms with Crippen LogP contribution in [-0.2, 0) is 0 Å². The second kappa shape index (κ2) is 6.15. The number of aromatic nitrogens is 2. The highest BCUT2D eigenvalue weighted by Gasteiger charge is 2.10. The molecule has 0 bridgehead atoms. The Morgan fingerprint density at radius 1 is 1.14 bits per heavy atom. The first-order valence-corrected chi connectivity index (χ1v) is 7.83. The van der Waals surface area contributed by atoms with Gasteiger partial charge in [-0.25, -0.2) is 4.98 Å². The van der Waals surface area contributed by atoms with Crippen LogP contribution in [0.15, 0.2) is 58.5 Å². The van der Waals surface area contributed by atoms with Crippen molar-refractivity contribution in [2.24, 2.45) is 0 Å². The Hall–Kier alpha value is -2.05. The van der Waals surface area contributed by atoms with Gasteiger partial charge in [0, 0.05) is 21.6 Å². The van der Waals surface area contributed by atoms with E-state index in [0.29, 0.717) is 10.8 Å². The summed E-state index contributed by atoms with van der Waals surface area (Å²) >= 11 is 4.79. The standard InChI is InChI=1S/C15H10BrN3OS/c16-11-6-4-10(5-7-11)13-9-21-15(18-13)19-14(20)12-3-1-2-8-17-12/h1-9H,(H,18,19,20). The molecule has 0 saturated heterocycles. The number of nitrogens with zero attached hydrogens (tertiary/aromatic N) is 2. The van der Waals surface area contributed by atoms with Crippen LogP contribution in [0.3, 0.4) is 0 Å². The molecule has 3 rings (SSSR count). The van der Waals surface area contributed by atoms with Gasteiger partial charge in [-0.1, -0.05) is 34.1 Å². The highest BCUT2D eigenvalue weighted by atomic mass is 79.9. The largest absolute Gasteiger partial charge is 0.296 e. The van der Waals surface area contributed by atoms with Gasteiger partial charge in [0.25, 0.3) is 5.91 Å². The normalized spacial score (nSPS) is 10.3. The van der Waals surface area contributed by atoms with Crippen molar-refractivity contribution in [2.45, 2.75) is 0 Å². The van der Waals surface area contributed by atoms with Crippen molar-refractivity contribution in [3.8, 4) is 11.3 Å². The highest BCUT2D eigenvalue weighted by molar-refractivity contribution is 9.10. The summed E-state index contributed by atoms with van der Waals surface area (Å²) in [6.07, 6.45) is 1.59. The Morgan fingerprint density at radius 2 is 1.95 bits per heavy atom. The third-order valence-electron chi connectivity index (χ3n) is 2.76. The Balaban J connectivity index is 1.76. The quantitative estimate of drug-likeness (QED) is 0.761. The molecular weight excluding hydrogens is 350 g/mol. The van der Waals surface area contributed by atoms with Gasteiger partial charge in [0.1, 0.15) is 5.69 Å². The number of pyridine rings is 1. The van der Waals surface area contributed by atoms with Gasteiger partial charge in [0.15, 0.2) is 5.13 Å². The molecule has 104 valence electrons. The molecule has 0 aliphatic rings. The molecule has 3 aromatic rings. The molecule has 21 heavy (non-hydrogen) atoms. The van der Waals surface area contributed by atoms with E-state index in [1.54, 1.807) is 24.4 Å². The van der Waals surface area contributed by atoms with E-state index in [-0.39, 0.29) is 5.91 Å². The lowest BCUT2D eigenvalue weighted by atomic mass is 10.2. The van der Waals surface area contributed by atoms with Gasteiger partial charge in [-0.05, 0) is 24.3 Å². The molecule has 0 aliphatic carbocycles. The summed E-state index contributed by atoms with van der Waals surface area (Å²) in [6, 6.07) is 13.1. The van der Waals surface area contributed by atoms with E-state index in [9.17, 15) is 4.79 Å². The van der Waals surface area contributed by atoms with Crippen LogP contribution >= 0.6 is 27.3 Å². The Kier molecular flexibility index (Phi) is 4.08. The molecule has 2 heterocycles. The minimum atomic E-state index is -0.257. The molecular formula is C15H10BrN3OS. The number of nitrogens with one attached hydrogen (secondary N) is 1. The summed E-state index contributed by atoms with van der Waals surface area (Å²) < 4.78 is 1.02. The van der Waals surface area contributed by atoms with Crippen LogP contribution in [0.1, 0.15) is 10.5 Å². The number of rotatable bonds is 3. The number of amides is 1. The van der Waals surface area contributed by atoms with Crippen molar-refractivity contribution in [1.82, 2.24) is 9.97 Å². The summed E-state index contributed by atoms with van der Waals surface area (Å²) in [5, 5.41) is 5.23. The maximum atomic E-state index is 12.0. The summed E-state index contributed by atoms with van der Waals surface area (Å²) in [5.41, 5.74) is 2.22. The fourth-order valence-corrected chi connectivity index (χ4v) is 2.72.